The number of amides is 1. The average Bonchev–Trinajstić information content (AvgIpc) is 3.19. The molecule has 17 nitrogen and oxygen atoms in total. The third-order valence-corrected chi connectivity index (χ3v) is 10.6. The number of ether oxygens (including phenoxy) is 1. The highest BCUT2D eigenvalue weighted by atomic mass is 32.2. The number of anilines is 2. The number of azo groups is 3. The van der Waals surface area contributed by atoms with Crippen molar-refractivity contribution in [1.29, 1.82) is 0 Å². The number of phenols is 1. The van der Waals surface area contributed by atoms with Gasteiger partial charge in [-0.2, -0.15) is 37.3 Å². The summed E-state index contributed by atoms with van der Waals surface area (Å²) in [6, 6.07) is 26.8. The van der Waals surface area contributed by atoms with E-state index >= 15 is 0 Å². The van der Waals surface area contributed by atoms with Gasteiger partial charge in [-0.05, 0) is 146 Å². The molecule has 19 heteroatoms. The number of aromatic hydroxyl groups is 1. The quantitative estimate of drug-likeness (QED) is 0.0299. The zero-order chi connectivity index (χ0) is 43.2. The third-order valence-electron chi connectivity index (χ3n) is 8.91. The van der Waals surface area contributed by atoms with Gasteiger partial charge < -0.3 is 20.9 Å². The van der Waals surface area contributed by atoms with Crippen molar-refractivity contribution in [3.63, 3.8) is 0 Å². The minimum atomic E-state index is -4.37. The summed E-state index contributed by atoms with van der Waals surface area (Å²) in [5.41, 5.74) is 11.5. The molecule has 308 valence electrons. The van der Waals surface area contributed by atoms with Gasteiger partial charge in [-0.25, -0.2) is 0 Å². The van der Waals surface area contributed by atoms with Gasteiger partial charge in [-0.1, -0.05) is 0 Å². The number of fused-ring (bicyclic) bond motifs is 1. The van der Waals surface area contributed by atoms with Gasteiger partial charge in [0, 0.05) is 28.4 Å². The molecular weight excluding hydrogens is 813 g/mol. The van der Waals surface area contributed by atoms with Crippen LogP contribution in [-0.2, 0) is 20.2 Å². The molecule has 0 aromatic heterocycles. The first kappa shape index (κ1) is 42.7. The third kappa shape index (κ3) is 11.0. The first-order valence-electron chi connectivity index (χ1n) is 18.0. The predicted molar refractivity (Wildman–Crippen MR) is 227 cm³/mol. The number of aryl methyl sites for hydroxylation is 3. The second-order valence-corrected chi connectivity index (χ2v) is 16.5. The molecule has 6 aromatic carbocycles. The largest absolute Gasteiger partial charge is 0.505 e. The molecule has 60 heavy (non-hydrogen) atoms. The molecule has 0 fully saturated rings. The number of hydrogen-bond acceptors (Lipinski definition) is 14. The summed E-state index contributed by atoms with van der Waals surface area (Å²) >= 11 is 0. The van der Waals surface area contributed by atoms with Gasteiger partial charge in [0.25, 0.3) is 26.1 Å². The number of nitrogens with one attached hydrogen (secondary N) is 1. The number of nitrogen functional groups attached to an aromatic ring is 1. The second kappa shape index (κ2) is 17.9. The molecule has 0 aliphatic carbocycles. The Hall–Kier alpha value is -6.93. The van der Waals surface area contributed by atoms with Crippen LogP contribution in [-0.4, -0.2) is 49.3 Å². The first-order valence-corrected chi connectivity index (χ1v) is 21.1. The Morgan fingerprint density at radius 1 is 0.683 bits per heavy atom. The van der Waals surface area contributed by atoms with Crippen LogP contribution in [0.2, 0.25) is 0 Å². The molecule has 0 unspecified atom stereocenters. The van der Waals surface area contributed by atoms with Crippen LogP contribution in [0.4, 0.5) is 45.5 Å². The predicted octanol–water partition coefficient (Wildman–Crippen LogP) is 10.5. The number of benzene rings is 6. The molecule has 0 bridgehead atoms. The van der Waals surface area contributed by atoms with E-state index in [2.05, 4.69) is 36.0 Å². The fraction of sp³-hybridized carbons (Fsp3) is 0.146. The molecule has 0 atom stereocenters. The molecule has 0 aliphatic heterocycles. The van der Waals surface area contributed by atoms with Crippen LogP contribution in [0.25, 0.3) is 10.8 Å². The van der Waals surface area contributed by atoms with E-state index in [1.165, 1.54) is 30.3 Å². The highest BCUT2D eigenvalue weighted by molar-refractivity contribution is 7.86. The Labute approximate surface area is 344 Å². The molecule has 0 heterocycles. The van der Waals surface area contributed by atoms with Crippen molar-refractivity contribution >= 4 is 82.4 Å². The summed E-state index contributed by atoms with van der Waals surface area (Å²) < 4.78 is 69.3. The van der Waals surface area contributed by atoms with E-state index in [1.807, 2.05) is 19.9 Å². The monoisotopic (exact) mass is 850 g/mol. The number of nitrogens with two attached hydrogens (primary N) is 1. The number of hydrogen-bond donors (Lipinski definition) is 5. The van der Waals surface area contributed by atoms with Crippen molar-refractivity contribution in [1.82, 2.24) is 0 Å². The normalized spacial score (nSPS) is 12.2. The molecule has 6 aromatic rings. The maximum Gasteiger partial charge on any atom is 0.294 e. The van der Waals surface area contributed by atoms with Gasteiger partial charge in [0.1, 0.15) is 17.1 Å². The van der Waals surface area contributed by atoms with Crippen molar-refractivity contribution in [2.24, 2.45) is 30.7 Å². The van der Waals surface area contributed by atoms with Crippen LogP contribution in [0.15, 0.2) is 139 Å². The van der Waals surface area contributed by atoms with E-state index in [0.29, 0.717) is 67.2 Å². The molecule has 0 saturated heterocycles. The Morgan fingerprint density at radius 2 is 1.30 bits per heavy atom. The summed E-state index contributed by atoms with van der Waals surface area (Å²) in [6.45, 7) is 5.34. The molecule has 0 spiro atoms. The van der Waals surface area contributed by atoms with Crippen molar-refractivity contribution in [2.75, 3.05) is 23.4 Å². The fourth-order valence-electron chi connectivity index (χ4n) is 5.76. The Morgan fingerprint density at radius 3 is 1.95 bits per heavy atom. The van der Waals surface area contributed by atoms with Gasteiger partial charge >= 0.3 is 0 Å². The lowest BCUT2D eigenvalue weighted by Crippen LogP contribution is -2.11. The highest BCUT2D eigenvalue weighted by Crippen LogP contribution is 2.41. The van der Waals surface area contributed by atoms with Gasteiger partial charge in [0.2, 0.25) is 0 Å². The molecule has 6 N–H and O–H groups in total. The van der Waals surface area contributed by atoms with Crippen molar-refractivity contribution in [2.45, 2.75) is 32.1 Å². The van der Waals surface area contributed by atoms with E-state index in [9.17, 15) is 31.3 Å². The zero-order valence-electron chi connectivity index (χ0n) is 32.3. The summed E-state index contributed by atoms with van der Waals surface area (Å²) in [7, 11) is -8.58. The minimum absolute atomic E-state index is 0.0152. The van der Waals surface area contributed by atoms with E-state index in [1.54, 1.807) is 73.7 Å². The molecule has 0 aliphatic rings. The standard InChI is InChI=1S/C41H38N8O9S2/c1-24-21-37(48-49-39-26(3)19-28-22-31(11-15-34(28)40(39)50)43-41(51)27-5-7-29(42)8-6-27)25(2)20-36(24)47-46-35-16-12-32(23-38(35)58-17-4-18-59(52,53)54)45-44-30-9-13-33(14-10-30)60(55,56)57/h5-16,19-23,50H,4,17-18,42H2,1-3H3,(H,43,51)(H,52,53,54)(H,55,56,57). The van der Waals surface area contributed by atoms with E-state index in [0.717, 1.165) is 0 Å². The topological polar surface area (TPSA) is 267 Å². The molecule has 0 saturated carbocycles. The van der Waals surface area contributed by atoms with Gasteiger partial charge in [-0.15, -0.1) is 10.2 Å². The summed E-state index contributed by atoms with van der Waals surface area (Å²) in [6.07, 6.45) is -0.0152. The number of phenolic OH excluding ortho intramolecular Hbond substituents is 1. The maximum atomic E-state index is 12.7. The Kier molecular flexibility index (Phi) is 12.7. The van der Waals surface area contributed by atoms with Crippen LogP contribution in [0.1, 0.15) is 33.5 Å². The molecule has 1 amide bonds. The second-order valence-electron chi connectivity index (χ2n) is 13.5. The van der Waals surface area contributed by atoms with Crippen LogP contribution in [0, 0.1) is 20.8 Å². The average molecular weight is 851 g/mol. The number of rotatable bonds is 14. The van der Waals surface area contributed by atoms with Crippen molar-refractivity contribution in [3.05, 3.63) is 125 Å². The van der Waals surface area contributed by atoms with Crippen LogP contribution in [0.3, 0.4) is 0 Å². The van der Waals surface area contributed by atoms with Crippen LogP contribution >= 0.6 is 0 Å². The van der Waals surface area contributed by atoms with Crippen LogP contribution in [0.5, 0.6) is 11.5 Å². The summed E-state index contributed by atoms with van der Waals surface area (Å²) in [5.74, 6) is -0.689. The highest BCUT2D eigenvalue weighted by Gasteiger charge is 2.15. The van der Waals surface area contributed by atoms with Gasteiger partial charge in [-0.3, -0.25) is 13.9 Å². The SMILES string of the molecule is Cc1cc(N=Nc2c(C)cc3cc(NC(=O)c4ccc(N)cc4)ccc3c2O)c(C)cc1N=Nc1ccc(N=Nc2ccc(S(=O)(=O)O)cc2)cc1OCCCS(=O)(=O)O. The molecular formula is C41H38N8O9S2. The van der Waals surface area contributed by atoms with E-state index in [-0.39, 0.29) is 46.7 Å². The lowest BCUT2D eigenvalue weighted by atomic mass is 10.0. The first-order chi connectivity index (χ1) is 28.4. The minimum Gasteiger partial charge on any atom is -0.505 e. The summed E-state index contributed by atoms with van der Waals surface area (Å²) in [5, 5.41) is 41.2. The fourth-order valence-corrected chi connectivity index (χ4v) is 6.72. The lowest BCUT2D eigenvalue weighted by molar-refractivity contribution is 0.102. The van der Waals surface area contributed by atoms with Gasteiger partial charge in [0.15, 0.2) is 5.75 Å². The van der Waals surface area contributed by atoms with Crippen LogP contribution < -0.4 is 15.8 Å². The Balaban J connectivity index is 1.20. The van der Waals surface area contributed by atoms with E-state index in [4.69, 9.17) is 15.0 Å². The van der Waals surface area contributed by atoms with Crippen molar-refractivity contribution < 1.29 is 40.6 Å². The lowest BCUT2D eigenvalue weighted by Gasteiger charge is -2.11. The van der Waals surface area contributed by atoms with Gasteiger partial charge in [0.05, 0.1) is 40.0 Å². The smallest absolute Gasteiger partial charge is 0.294 e. The molecule has 6 rings (SSSR count). The Bertz CT molecular complexity index is 2920. The number of carbonyl (C=O) groups excluding carboxylic acids is 1. The van der Waals surface area contributed by atoms with Crippen molar-refractivity contribution in [3.8, 4) is 11.5 Å². The van der Waals surface area contributed by atoms with E-state index < -0.39 is 26.0 Å². The summed E-state index contributed by atoms with van der Waals surface area (Å²) in [4.78, 5) is 12.4. The molecule has 0 radical (unpaired) electrons. The maximum absolute atomic E-state index is 12.7. The number of carbonyl (C=O) groups is 1. The zero-order valence-corrected chi connectivity index (χ0v) is 33.9. The number of nitrogens with zero attached hydrogens (tertiary/aromatic N) is 6.